The highest BCUT2D eigenvalue weighted by Crippen LogP contribution is 2.09. The van der Waals surface area contributed by atoms with Crippen molar-refractivity contribution in [2.75, 3.05) is 26.2 Å². The first-order valence-corrected chi connectivity index (χ1v) is 8.22. The fraction of sp³-hybridized carbons (Fsp3) is 0.412. The van der Waals surface area contributed by atoms with Crippen molar-refractivity contribution >= 4 is 23.4 Å². The molecule has 1 aromatic rings. The molecular formula is C17H22ClN3O2. The van der Waals surface area contributed by atoms with E-state index in [9.17, 15) is 9.59 Å². The number of carbonyl (C=O) groups is 2. The lowest BCUT2D eigenvalue weighted by Gasteiger charge is -2.14. The predicted octanol–water partition coefficient (Wildman–Crippen LogP) is 1.89. The van der Waals surface area contributed by atoms with Gasteiger partial charge in [-0.05, 0) is 43.7 Å². The van der Waals surface area contributed by atoms with E-state index < -0.39 is 0 Å². The summed E-state index contributed by atoms with van der Waals surface area (Å²) >= 11 is 5.78. The molecule has 1 aliphatic heterocycles. The summed E-state index contributed by atoms with van der Waals surface area (Å²) in [6.07, 6.45) is 4.13. The second-order valence-electron chi connectivity index (χ2n) is 5.46. The number of rotatable bonds is 7. The van der Waals surface area contributed by atoms with Crippen molar-refractivity contribution in [2.24, 2.45) is 0 Å². The first kappa shape index (κ1) is 17.5. The Morgan fingerprint density at radius 3 is 2.65 bits per heavy atom. The van der Waals surface area contributed by atoms with Crippen LogP contribution in [0, 0.1) is 0 Å². The SMILES string of the molecule is O=C(CCCNC(=O)c1ccc(Cl)cc1)NCC1=CCNCC1. The van der Waals surface area contributed by atoms with E-state index in [-0.39, 0.29) is 11.8 Å². The van der Waals surface area contributed by atoms with Gasteiger partial charge in [-0.3, -0.25) is 9.59 Å². The highest BCUT2D eigenvalue weighted by atomic mass is 35.5. The Morgan fingerprint density at radius 1 is 1.17 bits per heavy atom. The van der Waals surface area contributed by atoms with Gasteiger partial charge in [0.05, 0.1) is 0 Å². The topological polar surface area (TPSA) is 70.2 Å². The lowest BCUT2D eigenvalue weighted by molar-refractivity contribution is -0.121. The van der Waals surface area contributed by atoms with Crippen LogP contribution in [-0.2, 0) is 4.79 Å². The standard InChI is InChI=1S/C17H22ClN3O2/c18-15-5-3-14(4-6-15)17(23)20-9-1-2-16(22)21-12-13-7-10-19-11-8-13/h3-7,19H,1-2,8-12H2,(H,20,23)(H,21,22). The molecule has 0 bridgehead atoms. The van der Waals surface area contributed by atoms with E-state index in [0.717, 1.165) is 19.5 Å². The maximum Gasteiger partial charge on any atom is 0.251 e. The molecule has 2 rings (SSSR count). The van der Waals surface area contributed by atoms with Crippen molar-refractivity contribution in [3.63, 3.8) is 0 Å². The van der Waals surface area contributed by atoms with Crippen LogP contribution in [0.4, 0.5) is 0 Å². The lowest BCUT2D eigenvalue weighted by Crippen LogP contribution is -2.30. The summed E-state index contributed by atoms with van der Waals surface area (Å²) in [5, 5.41) is 9.55. The van der Waals surface area contributed by atoms with E-state index in [1.54, 1.807) is 24.3 Å². The molecule has 0 aromatic heterocycles. The summed E-state index contributed by atoms with van der Waals surface area (Å²) in [6.45, 7) is 2.94. The van der Waals surface area contributed by atoms with E-state index >= 15 is 0 Å². The average molecular weight is 336 g/mol. The van der Waals surface area contributed by atoms with Gasteiger partial charge in [-0.15, -0.1) is 0 Å². The Kier molecular flexibility index (Phi) is 7.10. The van der Waals surface area contributed by atoms with Gasteiger partial charge >= 0.3 is 0 Å². The smallest absolute Gasteiger partial charge is 0.251 e. The summed E-state index contributed by atoms with van der Waals surface area (Å²) in [4.78, 5) is 23.6. The molecule has 0 aliphatic carbocycles. The molecule has 1 aliphatic rings. The van der Waals surface area contributed by atoms with Gasteiger partial charge in [0.1, 0.15) is 0 Å². The molecule has 5 nitrogen and oxygen atoms in total. The van der Waals surface area contributed by atoms with Crippen LogP contribution in [0.25, 0.3) is 0 Å². The second kappa shape index (κ2) is 9.33. The summed E-state index contributed by atoms with van der Waals surface area (Å²) in [6, 6.07) is 6.72. The first-order chi connectivity index (χ1) is 11.1. The molecule has 23 heavy (non-hydrogen) atoms. The van der Waals surface area contributed by atoms with Gasteiger partial charge in [-0.1, -0.05) is 23.3 Å². The molecule has 1 aromatic carbocycles. The third-order valence-electron chi connectivity index (χ3n) is 3.64. The van der Waals surface area contributed by atoms with Gasteiger partial charge in [0.2, 0.25) is 5.91 Å². The van der Waals surface area contributed by atoms with Crippen LogP contribution in [0.3, 0.4) is 0 Å². The minimum Gasteiger partial charge on any atom is -0.352 e. The number of carbonyl (C=O) groups excluding carboxylic acids is 2. The first-order valence-electron chi connectivity index (χ1n) is 7.84. The van der Waals surface area contributed by atoms with Crippen molar-refractivity contribution in [3.05, 3.63) is 46.5 Å². The fourth-order valence-electron chi connectivity index (χ4n) is 2.28. The third-order valence-corrected chi connectivity index (χ3v) is 3.90. The zero-order chi connectivity index (χ0) is 16.5. The number of hydrogen-bond donors (Lipinski definition) is 3. The van der Waals surface area contributed by atoms with Gasteiger partial charge in [0.15, 0.2) is 0 Å². The molecule has 0 atom stereocenters. The molecular weight excluding hydrogens is 314 g/mol. The Hall–Kier alpha value is -1.85. The number of amides is 2. The minimum atomic E-state index is -0.151. The lowest BCUT2D eigenvalue weighted by atomic mass is 10.1. The summed E-state index contributed by atoms with van der Waals surface area (Å²) < 4.78 is 0. The predicted molar refractivity (Wildman–Crippen MR) is 91.6 cm³/mol. The maximum atomic E-state index is 11.9. The molecule has 0 saturated heterocycles. The van der Waals surface area contributed by atoms with Crippen LogP contribution < -0.4 is 16.0 Å². The Balaban J connectivity index is 1.59. The van der Waals surface area contributed by atoms with Gasteiger partial charge in [0, 0.05) is 36.6 Å². The molecule has 124 valence electrons. The van der Waals surface area contributed by atoms with Crippen LogP contribution >= 0.6 is 11.6 Å². The fourth-order valence-corrected chi connectivity index (χ4v) is 2.41. The van der Waals surface area contributed by atoms with Gasteiger partial charge in [-0.2, -0.15) is 0 Å². The van der Waals surface area contributed by atoms with Crippen LogP contribution in [0.5, 0.6) is 0 Å². The highest BCUT2D eigenvalue weighted by Gasteiger charge is 2.07. The molecule has 0 fully saturated rings. The zero-order valence-electron chi connectivity index (χ0n) is 13.0. The van der Waals surface area contributed by atoms with Gasteiger partial charge < -0.3 is 16.0 Å². The second-order valence-corrected chi connectivity index (χ2v) is 5.90. The van der Waals surface area contributed by atoms with E-state index in [0.29, 0.717) is 36.5 Å². The molecule has 0 saturated carbocycles. The number of benzene rings is 1. The van der Waals surface area contributed by atoms with E-state index in [1.165, 1.54) is 5.57 Å². The molecule has 3 N–H and O–H groups in total. The maximum absolute atomic E-state index is 11.9. The molecule has 1 heterocycles. The zero-order valence-corrected chi connectivity index (χ0v) is 13.8. The highest BCUT2D eigenvalue weighted by molar-refractivity contribution is 6.30. The van der Waals surface area contributed by atoms with Crippen molar-refractivity contribution in [1.29, 1.82) is 0 Å². The van der Waals surface area contributed by atoms with Crippen LogP contribution in [-0.4, -0.2) is 38.0 Å². The summed E-state index contributed by atoms with van der Waals surface area (Å²) in [7, 11) is 0. The average Bonchev–Trinajstić information content (AvgIpc) is 2.58. The summed E-state index contributed by atoms with van der Waals surface area (Å²) in [5.41, 5.74) is 1.84. The van der Waals surface area contributed by atoms with Crippen molar-refractivity contribution < 1.29 is 9.59 Å². The van der Waals surface area contributed by atoms with Crippen LogP contribution in [0.2, 0.25) is 5.02 Å². The van der Waals surface area contributed by atoms with Crippen molar-refractivity contribution in [1.82, 2.24) is 16.0 Å². The molecule has 0 spiro atoms. The molecule has 2 amide bonds. The Morgan fingerprint density at radius 2 is 1.96 bits per heavy atom. The molecule has 0 radical (unpaired) electrons. The van der Waals surface area contributed by atoms with E-state index in [4.69, 9.17) is 11.6 Å². The number of nitrogens with one attached hydrogen (secondary N) is 3. The third kappa shape index (κ3) is 6.42. The van der Waals surface area contributed by atoms with E-state index in [2.05, 4.69) is 22.0 Å². The monoisotopic (exact) mass is 335 g/mol. The van der Waals surface area contributed by atoms with Crippen LogP contribution in [0.15, 0.2) is 35.9 Å². The largest absolute Gasteiger partial charge is 0.352 e. The molecule has 6 heteroatoms. The minimum absolute atomic E-state index is 0.0187. The Labute approximate surface area is 141 Å². The van der Waals surface area contributed by atoms with Crippen molar-refractivity contribution in [3.8, 4) is 0 Å². The number of halogens is 1. The normalized spacial score (nSPS) is 14.0. The number of hydrogen-bond acceptors (Lipinski definition) is 3. The summed E-state index contributed by atoms with van der Waals surface area (Å²) in [5.74, 6) is -0.132. The quantitative estimate of drug-likeness (QED) is 0.526. The van der Waals surface area contributed by atoms with Crippen LogP contribution in [0.1, 0.15) is 29.6 Å². The molecule has 0 unspecified atom stereocenters. The van der Waals surface area contributed by atoms with Gasteiger partial charge in [-0.25, -0.2) is 0 Å². The Bertz CT molecular complexity index is 570. The van der Waals surface area contributed by atoms with Crippen molar-refractivity contribution in [2.45, 2.75) is 19.3 Å². The van der Waals surface area contributed by atoms with E-state index in [1.807, 2.05) is 0 Å². The van der Waals surface area contributed by atoms with Gasteiger partial charge in [0.25, 0.3) is 5.91 Å².